The van der Waals surface area contributed by atoms with Crippen LogP contribution in [0.25, 0.3) is 0 Å². The Morgan fingerprint density at radius 3 is 2.15 bits per heavy atom. The van der Waals surface area contributed by atoms with Crippen molar-refractivity contribution in [1.82, 2.24) is 15.5 Å². The molecule has 5 N–H and O–H groups in total. The van der Waals surface area contributed by atoms with Crippen molar-refractivity contribution >= 4 is 46.5 Å². The molecule has 2 aromatic carbocycles. The molecule has 0 aliphatic heterocycles. The SMILES string of the molecule is CCOC(=O)Oc1ccc(C[C@H](N=C(C)N)C(=O)N[C@H](CCS(C)=O)C(=O)N[C@@H](Cc2ccccc2)C(=O)N(C)CCC(=O)O)cc1. The number of nitrogens with one attached hydrogen (secondary N) is 2. The van der Waals surface area contributed by atoms with Crippen molar-refractivity contribution < 1.29 is 42.8 Å². The van der Waals surface area contributed by atoms with Crippen molar-refractivity contribution in [2.24, 2.45) is 10.7 Å². The topological polar surface area (TPSA) is 207 Å². The van der Waals surface area contributed by atoms with Gasteiger partial charge in [0.1, 0.15) is 23.9 Å². The van der Waals surface area contributed by atoms with Crippen molar-refractivity contribution in [3.05, 3.63) is 65.7 Å². The van der Waals surface area contributed by atoms with Gasteiger partial charge in [-0.2, -0.15) is 0 Å². The average Bonchev–Trinajstić information content (AvgIpc) is 3.01. The number of ether oxygens (including phenoxy) is 2. The summed E-state index contributed by atoms with van der Waals surface area (Å²) in [6, 6.07) is 12.0. The Bertz CT molecular complexity index is 1420. The molecule has 2 rings (SSSR count). The lowest BCUT2D eigenvalue weighted by Crippen LogP contribution is -2.56. The quantitative estimate of drug-likeness (QED) is 0.0775. The first-order chi connectivity index (χ1) is 22.3. The number of benzene rings is 2. The highest BCUT2D eigenvalue weighted by atomic mass is 32.2. The minimum Gasteiger partial charge on any atom is -0.481 e. The number of carbonyl (C=O) groups is 5. The molecule has 2 aromatic rings. The second-order valence-corrected chi connectivity index (χ2v) is 12.3. The maximum Gasteiger partial charge on any atom is 0.513 e. The lowest BCUT2D eigenvalue weighted by molar-refractivity contribution is -0.139. The molecule has 0 aliphatic rings. The third kappa shape index (κ3) is 14.5. The third-order valence-corrected chi connectivity index (χ3v) is 7.55. The Hall–Kier alpha value is -4.79. The number of hydrogen-bond donors (Lipinski definition) is 4. The normalized spacial score (nSPS) is 13.7. The second-order valence-electron chi connectivity index (χ2n) is 10.7. The third-order valence-electron chi connectivity index (χ3n) is 6.74. The number of carbonyl (C=O) groups excluding carboxylic acids is 4. The number of carboxylic acid groups (broad SMARTS) is 1. The second kappa shape index (κ2) is 19.7. The van der Waals surface area contributed by atoms with E-state index >= 15 is 0 Å². The predicted molar refractivity (Wildman–Crippen MR) is 176 cm³/mol. The number of carboxylic acids is 1. The molecule has 0 radical (unpaired) electrons. The summed E-state index contributed by atoms with van der Waals surface area (Å²) in [6.07, 6.45) is 0.530. The number of likely N-dealkylation sites (N-methyl/N-ethyl adjacent to an activating group) is 1. The highest BCUT2D eigenvalue weighted by Gasteiger charge is 2.31. The summed E-state index contributed by atoms with van der Waals surface area (Å²) in [4.78, 5) is 68.7. The molecule has 0 saturated carbocycles. The van der Waals surface area contributed by atoms with Crippen LogP contribution in [-0.2, 0) is 47.6 Å². The fourth-order valence-electron chi connectivity index (χ4n) is 4.39. The molecule has 47 heavy (non-hydrogen) atoms. The van der Waals surface area contributed by atoms with Gasteiger partial charge < -0.3 is 35.8 Å². The minimum absolute atomic E-state index is 0.000276. The summed E-state index contributed by atoms with van der Waals surface area (Å²) in [5, 5.41) is 14.5. The number of aliphatic imine (C=N–C) groups is 1. The van der Waals surface area contributed by atoms with Gasteiger partial charge in [0, 0.05) is 49.2 Å². The summed E-state index contributed by atoms with van der Waals surface area (Å²) < 4.78 is 21.8. The Balaban J connectivity index is 2.28. The van der Waals surface area contributed by atoms with E-state index in [1.54, 1.807) is 43.3 Å². The average molecular weight is 674 g/mol. The van der Waals surface area contributed by atoms with E-state index in [1.807, 2.05) is 6.07 Å². The van der Waals surface area contributed by atoms with Gasteiger partial charge in [0.2, 0.25) is 17.7 Å². The van der Waals surface area contributed by atoms with Crippen LogP contribution in [0.1, 0.15) is 37.8 Å². The van der Waals surface area contributed by atoms with Crippen molar-refractivity contribution in [3.8, 4) is 5.75 Å². The molecule has 0 fully saturated rings. The first-order valence-electron chi connectivity index (χ1n) is 14.9. The molecule has 0 heterocycles. The van der Waals surface area contributed by atoms with Crippen LogP contribution in [0.15, 0.2) is 59.6 Å². The summed E-state index contributed by atoms with van der Waals surface area (Å²) in [5.74, 6) is -2.45. The fourth-order valence-corrected chi connectivity index (χ4v) is 4.95. The number of amides is 3. The molecule has 0 bridgehead atoms. The zero-order chi connectivity index (χ0) is 34.9. The van der Waals surface area contributed by atoms with Gasteiger partial charge in [0.15, 0.2) is 0 Å². The smallest absolute Gasteiger partial charge is 0.481 e. The van der Waals surface area contributed by atoms with E-state index in [1.165, 1.54) is 37.3 Å². The molecule has 0 saturated heterocycles. The Labute approximate surface area is 276 Å². The molecule has 14 nitrogen and oxygen atoms in total. The molecule has 0 aromatic heterocycles. The minimum atomic E-state index is -1.30. The van der Waals surface area contributed by atoms with E-state index in [0.717, 1.165) is 5.56 Å². The van der Waals surface area contributed by atoms with Crippen LogP contribution in [0, 0.1) is 0 Å². The van der Waals surface area contributed by atoms with Crippen LogP contribution in [0.4, 0.5) is 4.79 Å². The number of aliphatic carboxylic acids is 1. The molecular weight excluding hydrogens is 630 g/mol. The summed E-state index contributed by atoms with van der Waals surface area (Å²) in [7, 11) is 0.148. The van der Waals surface area contributed by atoms with E-state index in [2.05, 4.69) is 15.6 Å². The van der Waals surface area contributed by atoms with Gasteiger partial charge in [-0.15, -0.1) is 0 Å². The van der Waals surface area contributed by atoms with Gasteiger partial charge in [-0.25, -0.2) is 4.79 Å². The first-order valence-corrected chi connectivity index (χ1v) is 16.7. The lowest BCUT2D eigenvalue weighted by Gasteiger charge is -2.27. The molecule has 0 aliphatic carbocycles. The van der Waals surface area contributed by atoms with Crippen LogP contribution in [0.2, 0.25) is 0 Å². The van der Waals surface area contributed by atoms with E-state index < -0.39 is 58.8 Å². The molecule has 3 amide bonds. The van der Waals surface area contributed by atoms with Gasteiger partial charge in [0.05, 0.1) is 18.9 Å². The van der Waals surface area contributed by atoms with Gasteiger partial charge in [-0.1, -0.05) is 42.5 Å². The standard InChI is InChI=1S/C32H43N5O9S/c1-5-45-32(43)46-24-13-11-23(12-14-24)19-26(34-21(2)33)30(41)35-25(16-18-47(4)44)29(40)36-27(20-22-9-7-6-8-10-22)31(42)37(3)17-15-28(38)39/h6-14,25-27H,5,15-20H2,1-4H3,(H2,33,34)(H,35,41)(H,36,40)(H,38,39)/t25-,26+,27+,47?/m1/s1. The molecule has 0 spiro atoms. The van der Waals surface area contributed by atoms with Crippen molar-refractivity contribution in [2.45, 2.75) is 57.7 Å². The first kappa shape index (κ1) is 38.4. The number of amidine groups is 1. The molecule has 15 heteroatoms. The van der Waals surface area contributed by atoms with Crippen molar-refractivity contribution in [1.29, 1.82) is 0 Å². The fraction of sp³-hybridized carbons (Fsp3) is 0.438. The van der Waals surface area contributed by atoms with Crippen LogP contribution >= 0.6 is 0 Å². The van der Waals surface area contributed by atoms with Crippen molar-refractivity contribution in [2.75, 3.05) is 32.2 Å². The molecule has 1 unspecified atom stereocenters. The zero-order valence-electron chi connectivity index (χ0n) is 27.0. The maximum atomic E-state index is 13.7. The van der Waals surface area contributed by atoms with Gasteiger partial charge in [-0.3, -0.25) is 28.4 Å². The van der Waals surface area contributed by atoms with E-state index in [-0.39, 0.29) is 56.2 Å². The number of nitrogens with two attached hydrogens (primary N) is 1. The van der Waals surface area contributed by atoms with Gasteiger partial charge in [-0.05, 0) is 43.5 Å². The number of nitrogens with zero attached hydrogens (tertiary/aromatic N) is 2. The van der Waals surface area contributed by atoms with E-state index in [9.17, 15) is 28.2 Å². The lowest BCUT2D eigenvalue weighted by atomic mass is 10.0. The zero-order valence-corrected chi connectivity index (χ0v) is 27.8. The molecule has 256 valence electrons. The Morgan fingerprint density at radius 1 is 0.957 bits per heavy atom. The highest BCUT2D eigenvalue weighted by Crippen LogP contribution is 2.16. The largest absolute Gasteiger partial charge is 0.513 e. The van der Waals surface area contributed by atoms with Crippen molar-refractivity contribution in [3.63, 3.8) is 0 Å². The number of rotatable bonds is 18. The Kier molecular flexibility index (Phi) is 16.1. The van der Waals surface area contributed by atoms with Crippen LogP contribution in [0.3, 0.4) is 0 Å². The van der Waals surface area contributed by atoms with Crippen LogP contribution in [0.5, 0.6) is 5.75 Å². The van der Waals surface area contributed by atoms with E-state index in [4.69, 9.17) is 20.3 Å². The summed E-state index contributed by atoms with van der Waals surface area (Å²) >= 11 is 0. The van der Waals surface area contributed by atoms with Crippen LogP contribution < -0.4 is 21.1 Å². The molecular formula is C32H43N5O9S. The molecule has 4 atom stereocenters. The number of hydrogen-bond acceptors (Lipinski definition) is 9. The summed E-state index contributed by atoms with van der Waals surface area (Å²) in [6.45, 7) is 3.25. The predicted octanol–water partition coefficient (Wildman–Crippen LogP) is 1.42. The van der Waals surface area contributed by atoms with Gasteiger partial charge >= 0.3 is 12.1 Å². The Morgan fingerprint density at radius 2 is 1.57 bits per heavy atom. The maximum absolute atomic E-state index is 13.7. The van der Waals surface area contributed by atoms with Gasteiger partial charge in [0.25, 0.3) is 0 Å². The summed E-state index contributed by atoms with van der Waals surface area (Å²) in [5.41, 5.74) is 7.23. The van der Waals surface area contributed by atoms with E-state index in [0.29, 0.717) is 5.56 Å². The van der Waals surface area contributed by atoms with Crippen LogP contribution in [-0.4, -0.2) is 100 Å². The monoisotopic (exact) mass is 673 g/mol. The highest BCUT2D eigenvalue weighted by molar-refractivity contribution is 7.84.